The summed E-state index contributed by atoms with van der Waals surface area (Å²) < 4.78 is 7.53. The van der Waals surface area contributed by atoms with Crippen molar-refractivity contribution in [2.24, 2.45) is 0 Å². The van der Waals surface area contributed by atoms with Crippen LogP contribution < -0.4 is 10.1 Å². The van der Waals surface area contributed by atoms with Crippen LogP contribution in [-0.4, -0.2) is 18.2 Å². The first-order chi connectivity index (χ1) is 10.4. The van der Waals surface area contributed by atoms with Crippen molar-refractivity contribution in [1.82, 2.24) is 9.88 Å². The molecule has 0 aliphatic carbocycles. The van der Waals surface area contributed by atoms with E-state index in [1.807, 2.05) is 12.1 Å². The lowest BCUT2D eigenvalue weighted by molar-refractivity contribution is 0.415. The predicted molar refractivity (Wildman–Crippen MR) is 86.6 cm³/mol. The van der Waals surface area contributed by atoms with Crippen molar-refractivity contribution in [3.63, 3.8) is 0 Å². The van der Waals surface area contributed by atoms with E-state index < -0.39 is 0 Å². The standard InChI is InChI=1S/C18H20N2O/c1-21-17-7-8-18-16(13-17)9-11-20(18)12-10-19-14-15-5-3-2-4-6-15/h2-9,11,13,19H,10,12,14H2,1H3. The highest BCUT2D eigenvalue weighted by atomic mass is 16.5. The van der Waals surface area contributed by atoms with Gasteiger partial charge in [0.2, 0.25) is 0 Å². The molecule has 3 heteroatoms. The summed E-state index contributed by atoms with van der Waals surface area (Å²) in [6, 6.07) is 18.8. The summed E-state index contributed by atoms with van der Waals surface area (Å²) in [4.78, 5) is 0. The van der Waals surface area contributed by atoms with Crippen LogP contribution >= 0.6 is 0 Å². The number of nitrogens with one attached hydrogen (secondary N) is 1. The summed E-state index contributed by atoms with van der Waals surface area (Å²) >= 11 is 0. The summed E-state index contributed by atoms with van der Waals surface area (Å²) in [5.74, 6) is 0.905. The van der Waals surface area contributed by atoms with E-state index in [0.717, 1.165) is 25.4 Å². The molecular weight excluding hydrogens is 260 g/mol. The van der Waals surface area contributed by atoms with Gasteiger partial charge in [-0.25, -0.2) is 0 Å². The second kappa shape index (κ2) is 6.46. The Hall–Kier alpha value is -2.26. The SMILES string of the molecule is COc1ccc2c(ccn2CCNCc2ccccc2)c1. The molecule has 0 bridgehead atoms. The maximum atomic E-state index is 5.26. The Labute approximate surface area is 125 Å². The maximum Gasteiger partial charge on any atom is 0.119 e. The Bertz CT molecular complexity index is 704. The molecule has 0 aliphatic rings. The van der Waals surface area contributed by atoms with Crippen molar-refractivity contribution in [3.8, 4) is 5.75 Å². The lowest BCUT2D eigenvalue weighted by Gasteiger charge is -2.08. The molecule has 0 atom stereocenters. The van der Waals surface area contributed by atoms with E-state index in [4.69, 9.17) is 4.74 Å². The van der Waals surface area contributed by atoms with Gasteiger partial charge in [-0.1, -0.05) is 30.3 Å². The van der Waals surface area contributed by atoms with Crippen LogP contribution in [0.5, 0.6) is 5.75 Å². The Morgan fingerprint density at radius 3 is 2.71 bits per heavy atom. The third-order valence-corrected chi connectivity index (χ3v) is 3.68. The molecule has 1 heterocycles. The van der Waals surface area contributed by atoms with Gasteiger partial charge in [0.25, 0.3) is 0 Å². The van der Waals surface area contributed by atoms with Crippen molar-refractivity contribution in [2.75, 3.05) is 13.7 Å². The lowest BCUT2D eigenvalue weighted by Crippen LogP contribution is -2.19. The van der Waals surface area contributed by atoms with Gasteiger partial charge in [0, 0.05) is 36.7 Å². The van der Waals surface area contributed by atoms with E-state index in [2.05, 4.69) is 58.5 Å². The molecule has 3 nitrogen and oxygen atoms in total. The highest BCUT2D eigenvalue weighted by Gasteiger charge is 2.02. The second-order valence-electron chi connectivity index (χ2n) is 5.10. The molecule has 21 heavy (non-hydrogen) atoms. The van der Waals surface area contributed by atoms with E-state index in [0.29, 0.717) is 0 Å². The Kier molecular flexibility index (Phi) is 4.22. The molecule has 2 aromatic carbocycles. The molecule has 0 radical (unpaired) electrons. The highest BCUT2D eigenvalue weighted by molar-refractivity contribution is 5.81. The van der Waals surface area contributed by atoms with Crippen molar-refractivity contribution in [3.05, 3.63) is 66.4 Å². The molecule has 108 valence electrons. The largest absolute Gasteiger partial charge is 0.497 e. The third kappa shape index (κ3) is 3.26. The average molecular weight is 280 g/mol. The Morgan fingerprint density at radius 2 is 1.90 bits per heavy atom. The van der Waals surface area contributed by atoms with Gasteiger partial charge < -0.3 is 14.6 Å². The summed E-state index contributed by atoms with van der Waals surface area (Å²) in [5, 5.41) is 4.70. The molecule has 1 aromatic heterocycles. The Morgan fingerprint density at radius 1 is 1.05 bits per heavy atom. The molecule has 0 saturated carbocycles. The van der Waals surface area contributed by atoms with E-state index in [1.54, 1.807) is 7.11 Å². The van der Waals surface area contributed by atoms with Gasteiger partial charge in [-0.3, -0.25) is 0 Å². The van der Waals surface area contributed by atoms with Crippen LogP contribution in [-0.2, 0) is 13.1 Å². The number of methoxy groups -OCH3 is 1. The van der Waals surface area contributed by atoms with Crippen molar-refractivity contribution >= 4 is 10.9 Å². The second-order valence-corrected chi connectivity index (χ2v) is 5.10. The van der Waals surface area contributed by atoms with Crippen molar-refractivity contribution in [2.45, 2.75) is 13.1 Å². The first kappa shape index (κ1) is 13.7. The molecule has 0 spiro atoms. The summed E-state index contributed by atoms with van der Waals surface area (Å²) in [6.07, 6.45) is 2.13. The molecule has 3 aromatic rings. The molecular formula is C18H20N2O. The van der Waals surface area contributed by atoms with Crippen LogP contribution in [0.25, 0.3) is 10.9 Å². The van der Waals surface area contributed by atoms with Crippen molar-refractivity contribution in [1.29, 1.82) is 0 Å². The number of fused-ring (bicyclic) bond motifs is 1. The minimum absolute atomic E-state index is 0.905. The van der Waals surface area contributed by atoms with Crippen LogP contribution in [0.4, 0.5) is 0 Å². The van der Waals surface area contributed by atoms with E-state index in [9.17, 15) is 0 Å². The first-order valence-electron chi connectivity index (χ1n) is 7.24. The maximum absolute atomic E-state index is 5.26. The predicted octanol–water partition coefficient (Wildman–Crippen LogP) is 3.44. The fourth-order valence-corrected chi connectivity index (χ4v) is 2.53. The zero-order valence-corrected chi connectivity index (χ0v) is 12.3. The normalized spacial score (nSPS) is 10.9. The van der Waals surface area contributed by atoms with Gasteiger partial charge >= 0.3 is 0 Å². The summed E-state index contributed by atoms with van der Waals surface area (Å²) in [6.45, 7) is 2.82. The van der Waals surface area contributed by atoms with Crippen LogP contribution in [0.2, 0.25) is 0 Å². The average Bonchev–Trinajstić information content (AvgIpc) is 2.95. The van der Waals surface area contributed by atoms with Gasteiger partial charge in [-0.15, -0.1) is 0 Å². The summed E-state index contributed by atoms with van der Waals surface area (Å²) in [7, 11) is 1.70. The minimum Gasteiger partial charge on any atom is -0.497 e. The molecule has 0 fully saturated rings. The fraction of sp³-hybridized carbons (Fsp3) is 0.222. The fourth-order valence-electron chi connectivity index (χ4n) is 2.53. The Balaban J connectivity index is 1.58. The van der Waals surface area contributed by atoms with Gasteiger partial charge in [0.1, 0.15) is 5.75 Å². The molecule has 0 saturated heterocycles. The van der Waals surface area contributed by atoms with Crippen molar-refractivity contribution < 1.29 is 4.74 Å². The van der Waals surface area contributed by atoms with E-state index in [1.165, 1.54) is 16.5 Å². The zero-order chi connectivity index (χ0) is 14.5. The van der Waals surface area contributed by atoms with Gasteiger partial charge in [-0.2, -0.15) is 0 Å². The van der Waals surface area contributed by atoms with Crippen LogP contribution in [0.1, 0.15) is 5.56 Å². The van der Waals surface area contributed by atoms with E-state index in [-0.39, 0.29) is 0 Å². The quantitative estimate of drug-likeness (QED) is 0.700. The minimum atomic E-state index is 0.905. The molecule has 1 N–H and O–H groups in total. The van der Waals surface area contributed by atoms with Gasteiger partial charge in [0.15, 0.2) is 0 Å². The monoisotopic (exact) mass is 280 g/mol. The third-order valence-electron chi connectivity index (χ3n) is 3.68. The van der Waals surface area contributed by atoms with E-state index >= 15 is 0 Å². The first-order valence-corrected chi connectivity index (χ1v) is 7.24. The number of hydrogen-bond acceptors (Lipinski definition) is 2. The number of benzene rings is 2. The smallest absolute Gasteiger partial charge is 0.119 e. The van der Waals surface area contributed by atoms with Crippen LogP contribution in [0, 0.1) is 0 Å². The zero-order valence-electron chi connectivity index (χ0n) is 12.3. The summed E-state index contributed by atoms with van der Waals surface area (Å²) in [5.41, 5.74) is 2.57. The number of aromatic nitrogens is 1. The molecule has 3 rings (SSSR count). The molecule has 0 aliphatic heterocycles. The topological polar surface area (TPSA) is 26.2 Å². The number of rotatable bonds is 6. The number of ether oxygens (including phenoxy) is 1. The van der Waals surface area contributed by atoms with Crippen LogP contribution in [0.15, 0.2) is 60.8 Å². The molecule has 0 unspecified atom stereocenters. The lowest BCUT2D eigenvalue weighted by atomic mass is 10.2. The van der Waals surface area contributed by atoms with Gasteiger partial charge in [0.05, 0.1) is 7.11 Å². The molecule has 0 amide bonds. The number of hydrogen-bond donors (Lipinski definition) is 1. The van der Waals surface area contributed by atoms with Crippen LogP contribution in [0.3, 0.4) is 0 Å². The van der Waals surface area contributed by atoms with Gasteiger partial charge in [-0.05, 0) is 29.8 Å². The number of nitrogens with zero attached hydrogens (tertiary/aromatic N) is 1. The highest BCUT2D eigenvalue weighted by Crippen LogP contribution is 2.21.